The molecule has 0 spiro atoms. The van der Waals surface area contributed by atoms with Crippen LogP contribution < -0.4 is 15.1 Å². The molecule has 5 heterocycles. The molecule has 0 radical (unpaired) electrons. The second-order valence-corrected chi connectivity index (χ2v) is 24.1. The molecule has 1 N–H and O–H groups in total. The van der Waals surface area contributed by atoms with Crippen LogP contribution in [0.3, 0.4) is 0 Å². The van der Waals surface area contributed by atoms with Crippen molar-refractivity contribution < 1.29 is 28.8 Å². The van der Waals surface area contributed by atoms with Gasteiger partial charge in [-0.2, -0.15) is 20.0 Å². The number of hydrazone groups is 1. The van der Waals surface area contributed by atoms with Crippen LogP contribution in [0.1, 0.15) is 117 Å². The molecule has 6 aliphatic carbocycles. The second kappa shape index (κ2) is 17.4. The first-order valence-electron chi connectivity index (χ1n) is 25.9. The van der Waals surface area contributed by atoms with E-state index in [1.807, 2.05) is 70.6 Å². The number of rotatable bonds is 2. The zero-order valence-electron chi connectivity index (χ0n) is 46.0. The van der Waals surface area contributed by atoms with E-state index in [1.54, 1.807) is 51.1 Å². The third-order valence-electron chi connectivity index (χ3n) is 18.8. The van der Waals surface area contributed by atoms with Gasteiger partial charge in [0, 0.05) is 76.9 Å². The van der Waals surface area contributed by atoms with Crippen molar-refractivity contribution in [3.05, 3.63) is 122 Å². The van der Waals surface area contributed by atoms with Gasteiger partial charge in [0.05, 0.1) is 61.3 Å². The van der Waals surface area contributed by atoms with Crippen molar-refractivity contribution in [1.29, 1.82) is 0 Å². The van der Waals surface area contributed by atoms with Crippen LogP contribution in [0.25, 0.3) is 25.8 Å². The van der Waals surface area contributed by atoms with Crippen LogP contribution in [0.2, 0.25) is 0 Å². The van der Waals surface area contributed by atoms with Crippen LogP contribution in [-0.2, 0) is 64.0 Å². The summed E-state index contributed by atoms with van der Waals surface area (Å²) in [5.74, 6) is -0.169. The average molecular weight is 1030 g/mol. The molecule has 19 heteroatoms. The fourth-order valence-electron chi connectivity index (χ4n) is 14.7. The predicted molar refractivity (Wildman–Crippen MR) is 283 cm³/mol. The van der Waals surface area contributed by atoms with Crippen LogP contribution in [-0.4, -0.2) is 76.8 Å². The monoisotopic (exact) mass is 1030 g/mol. The fourth-order valence-corrected chi connectivity index (χ4v) is 14.7. The second-order valence-electron chi connectivity index (χ2n) is 24.1. The Morgan fingerprint density at radius 3 is 1.75 bits per heavy atom. The van der Waals surface area contributed by atoms with Gasteiger partial charge in [-0.25, -0.2) is 24.2 Å². The average Bonchev–Trinajstić information content (AvgIpc) is 4.22. The maximum atomic E-state index is 12.8. The van der Waals surface area contributed by atoms with Gasteiger partial charge in [-0.15, -0.1) is 0 Å². The maximum Gasteiger partial charge on any atom is 0.330 e. The minimum Gasteiger partial charge on any atom is -0.596 e. The molecule has 0 bridgehead atoms. The van der Waals surface area contributed by atoms with E-state index >= 15 is 0 Å². The topological polar surface area (TPSA) is 197 Å². The molecule has 3 aromatic heterocycles. The van der Waals surface area contributed by atoms with Gasteiger partial charge in [0.2, 0.25) is 23.3 Å². The van der Waals surface area contributed by atoms with Crippen molar-refractivity contribution in [3.63, 3.8) is 0 Å². The number of aromatic nitrogens is 6. The summed E-state index contributed by atoms with van der Waals surface area (Å²) in [5, 5.41) is 30.6. The SMILES string of the molecule is [C-]#[N+]C1=C[C@]2(C)C3=NN(C)C(=C)C3(C)CC[C@H]2C(C)(C)C1=O.[C-]#[N+]C1=C[C@]2(C)c3nn(C)c(-c4cn(C)[n+]([O-])c4)c3CC[C@H]2[C@H](C)C1=O.[C-]#[N+]C1=C[C@]2(C)c3nn(C)c(N4C(=O)NC(C)(C)C4=O)c3CC[C@H]2[C@H](C)C1=O. The first-order valence-corrected chi connectivity index (χ1v) is 25.9. The normalized spacial score (nSPS) is 32.3. The standard InChI is InChI=1S/C20H23N5O3.C19H21N5O2.C18H23N3O/c1-10-12-8-7-11-15(20(12,4)9-13(21-5)14(10)26)23-24(6)16(11)25-17(27)19(2,3)22-18(25)28;1-11-14-7-6-13-16(12-9-22(4)24(26)10-12)23(5)21-18(13)19(14,2)8-15(20-3)17(11)25;1-11-17(4)9-8-13-16(2,3)14(22)12(19-6)10-18(13,5)15(17)20-21(11)7/h9-10,12H,7-8H2,1-4,6H3,(H,22,28);8-11,14H,6-7H2,1-2,4-5H3;10,13H,1,8-9H2,2-5,7H3/t10-,12-,20-;11-,14-,19-;13-,17?,18-/m000/s1. The molecule has 8 aliphatic rings. The van der Waals surface area contributed by atoms with E-state index in [0.717, 1.165) is 82.1 Å². The number of fused-ring (bicyclic) bond motifs is 9. The smallest absolute Gasteiger partial charge is 0.330 e. The van der Waals surface area contributed by atoms with Gasteiger partial charge in [0.25, 0.3) is 5.91 Å². The van der Waals surface area contributed by atoms with Crippen LogP contribution >= 0.6 is 0 Å². The van der Waals surface area contributed by atoms with E-state index in [4.69, 9.17) is 29.9 Å². The van der Waals surface area contributed by atoms with Crippen LogP contribution in [0.4, 0.5) is 10.6 Å². The summed E-state index contributed by atoms with van der Waals surface area (Å²) < 4.78 is 4.88. The summed E-state index contributed by atoms with van der Waals surface area (Å²) >= 11 is 0. The summed E-state index contributed by atoms with van der Waals surface area (Å²) in [4.78, 5) is 75.3. The quantitative estimate of drug-likeness (QED) is 0.116. The molecule has 3 aromatic rings. The maximum absolute atomic E-state index is 12.8. The minimum atomic E-state index is -0.974. The van der Waals surface area contributed by atoms with Crippen LogP contribution in [0.15, 0.2) is 65.1 Å². The molecule has 19 nitrogen and oxygen atoms in total. The minimum absolute atomic E-state index is 0.0281. The molecule has 1 saturated heterocycles. The Labute approximate surface area is 444 Å². The molecule has 9 atom stereocenters. The van der Waals surface area contributed by atoms with Gasteiger partial charge >= 0.3 is 6.03 Å². The number of imide groups is 1. The van der Waals surface area contributed by atoms with Gasteiger partial charge < -0.3 is 24.9 Å². The molecule has 3 amide bonds. The lowest BCUT2D eigenvalue weighted by Gasteiger charge is -2.54. The van der Waals surface area contributed by atoms with Gasteiger partial charge in [0.15, 0.2) is 17.3 Å². The van der Waals surface area contributed by atoms with Crippen molar-refractivity contribution >= 4 is 40.8 Å². The van der Waals surface area contributed by atoms with Gasteiger partial charge in [-0.05, 0) is 77.0 Å². The number of allylic oxidation sites excluding steroid dienone is 7. The Morgan fingerprint density at radius 2 is 1.25 bits per heavy atom. The summed E-state index contributed by atoms with van der Waals surface area (Å²) in [7, 11) is 7.23. The van der Waals surface area contributed by atoms with Crippen molar-refractivity contribution in [3.8, 4) is 11.3 Å². The molecular weight excluding hydrogens is 963 g/mol. The highest BCUT2D eigenvalue weighted by atomic mass is 16.5. The van der Waals surface area contributed by atoms with E-state index in [2.05, 4.69) is 52.3 Å². The number of carbonyl (C=O) groups is 5. The Kier molecular flexibility index (Phi) is 12.2. The molecular formula is C57H67N13O6. The summed E-state index contributed by atoms with van der Waals surface area (Å²) in [6.07, 6.45) is 13.7. The number of ketones is 3. The summed E-state index contributed by atoms with van der Waals surface area (Å²) in [6, 6.07) is -0.461. The number of hydrogen-bond donors (Lipinski definition) is 1. The van der Waals surface area contributed by atoms with E-state index < -0.39 is 27.8 Å². The predicted octanol–water partition coefficient (Wildman–Crippen LogP) is 7.63. The molecule has 396 valence electrons. The number of urea groups is 1. The molecule has 2 fully saturated rings. The summed E-state index contributed by atoms with van der Waals surface area (Å²) in [5.41, 5.74) is 5.00. The third-order valence-corrected chi connectivity index (χ3v) is 18.8. The molecule has 1 saturated carbocycles. The Balaban J connectivity index is 0.000000140. The van der Waals surface area contributed by atoms with Gasteiger partial charge in [0.1, 0.15) is 11.4 Å². The highest BCUT2D eigenvalue weighted by Gasteiger charge is 2.62. The van der Waals surface area contributed by atoms with E-state index in [1.165, 1.54) is 9.58 Å². The number of Topliss-reactive ketones (excluding diaryl/α,β-unsaturated/α-hetero) is 3. The number of nitrogens with one attached hydrogen (secondary N) is 1. The molecule has 2 aliphatic heterocycles. The highest BCUT2D eigenvalue weighted by Crippen LogP contribution is 2.61. The first-order chi connectivity index (χ1) is 35.4. The zero-order chi connectivity index (χ0) is 55.9. The largest absolute Gasteiger partial charge is 0.596 e. The fraction of sp³-hybridized carbons (Fsp3) is 0.544. The number of carbonyl (C=O) groups excluding carboxylic acids is 5. The van der Waals surface area contributed by atoms with Crippen molar-refractivity contribution in [2.45, 2.75) is 124 Å². The zero-order valence-corrected chi connectivity index (χ0v) is 46.0. The van der Waals surface area contributed by atoms with Crippen LogP contribution in [0.5, 0.6) is 0 Å². The van der Waals surface area contributed by atoms with E-state index in [0.29, 0.717) is 12.2 Å². The van der Waals surface area contributed by atoms with Gasteiger partial charge in [-0.1, -0.05) is 78.1 Å². The van der Waals surface area contributed by atoms with Crippen molar-refractivity contribution in [2.24, 2.45) is 72.1 Å². The Morgan fingerprint density at radius 1 is 0.737 bits per heavy atom. The highest BCUT2D eigenvalue weighted by molar-refractivity contribution is 6.23. The number of nitrogens with zero attached hydrogens (tertiary/aromatic N) is 12. The molecule has 76 heavy (non-hydrogen) atoms. The third kappa shape index (κ3) is 7.33. The Bertz CT molecular complexity index is 3390. The van der Waals surface area contributed by atoms with Crippen molar-refractivity contribution in [2.75, 3.05) is 11.9 Å². The molecule has 0 aromatic carbocycles. The number of amides is 3. The number of anilines is 1. The lowest BCUT2D eigenvalue weighted by molar-refractivity contribution is -0.691. The summed E-state index contributed by atoms with van der Waals surface area (Å²) in [6.45, 7) is 45.9. The number of hydrogen-bond acceptors (Lipinski definition) is 10. The lowest BCUT2D eigenvalue weighted by Crippen LogP contribution is -2.56. The molecule has 11 rings (SSSR count). The lowest BCUT2D eigenvalue weighted by atomic mass is 9.48. The van der Waals surface area contributed by atoms with E-state index in [9.17, 15) is 29.2 Å². The Hall–Kier alpha value is -7.72. The first kappa shape index (κ1) is 53.1. The number of aryl methyl sites for hydroxylation is 3. The van der Waals surface area contributed by atoms with Crippen molar-refractivity contribution in [1.82, 2.24) is 34.6 Å². The van der Waals surface area contributed by atoms with Crippen LogP contribution in [0, 0.1) is 70.8 Å². The molecule has 1 unspecified atom stereocenters. The van der Waals surface area contributed by atoms with Gasteiger partial charge in [-0.3, -0.25) is 19.2 Å². The van der Waals surface area contributed by atoms with E-state index in [-0.39, 0.29) is 80.8 Å².